The molecule has 0 aromatic heterocycles. The predicted molar refractivity (Wildman–Crippen MR) is 117 cm³/mol. The normalized spacial score (nSPS) is 17.9. The van der Waals surface area contributed by atoms with E-state index < -0.39 is 33.7 Å². The van der Waals surface area contributed by atoms with Crippen molar-refractivity contribution in [3.05, 3.63) is 54.3 Å². The molecule has 1 heterocycles. The molecule has 0 radical (unpaired) electrons. The summed E-state index contributed by atoms with van der Waals surface area (Å²) in [5.41, 5.74) is 0.561. The SMILES string of the molecule is COc1ccc(NC(=O)C(C)NC(=O)C2CCCN(S(=O)(=O)c3ccc(F)cc3)C2)cc1. The summed E-state index contributed by atoms with van der Waals surface area (Å²) < 4.78 is 45.1. The summed E-state index contributed by atoms with van der Waals surface area (Å²) in [4.78, 5) is 25.1. The minimum Gasteiger partial charge on any atom is -0.497 e. The molecule has 1 fully saturated rings. The van der Waals surface area contributed by atoms with Gasteiger partial charge in [0.25, 0.3) is 0 Å². The Morgan fingerprint density at radius 2 is 1.78 bits per heavy atom. The van der Waals surface area contributed by atoms with Crippen molar-refractivity contribution in [2.45, 2.75) is 30.7 Å². The van der Waals surface area contributed by atoms with Gasteiger partial charge in [0.05, 0.1) is 17.9 Å². The third-order valence-electron chi connectivity index (χ3n) is 5.32. The van der Waals surface area contributed by atoms with Crippen molar-refractivity contribution in [1.82, 2.24) is 9.62 Å². The zero-order chi connectivity index (χ0) is 23.3. The molecule has 1 saturated heterocycles. The summed E-state index contributed by atoms with van der Waals surface area (Å²) in [5, 5.41) is 5.38. The molecule has 0 aliphatic carbocycles. The molecule has 1 aliphatic heterocycles. The van der Waals surface area contributed by atoms with Gasteiger partial charge in [0.15, 0.2) is 0 Å². The Labute approximate surface area is 186 Å². The summed E-state index contributed by atoms with van der Waals surface area (Å²) in [6.45, 7) is 1.84. The van der Waals surface area contributed by atoms with E-state index in [-0.39, 0.29) is 23.9 Å². The second-order valence-corrected chi connectivity index (χ2v) is 9.54. The molecular formula is C22H26FN3O5S. The van der Waals surface area contributed by atoms with Crippen molar-refractivity contribution in [2.75, 3.05) is 25.5 Å². The number of nitrogens with zero attached hydrogens (tertiary/aromatic N) is 1. The van der Waals surface area contributed by atoms with E-state index >= 15 is 0 Å². The van der Waals surface area contributed by atoms with Gasteiger partial charge < -0.3 is 15.4 Å². The lowest BCUT2D eigenvalue weighted by Gasteiger charge is -2.31. The average molecular weight is 464 g/mol. The zero-order valence-electron chi connectivity index (χ0n) is 17.9. The molecule has 1 aliphatic rings. The standard InChI is InChI=1S/C22H26FN3O5S/c1-15(21(27)25-18-7-9-19(31-2)10-8-18)24-22(28)16-4-3-13-26(14-16)32(29,30)20-11-5-17(23)6-12-20/h5-12,15-16H,3-4,13-14H2,1-2H3,(H,24,28)(H,25,27). The highest BCUT2D eigenvalue weighted by molar-refractivity contribution is 7.89. The Kier molecular flexibility index (Phi) is 7.47. The molecular weight excluding hydrogens is 437 g/mol. The van der Waals surface area contributed by atoms with Crippen LogP contribution in [0.15, 0.2) is 53.4 Å². The lowest BCUT2D eigenvalue weighted by molar-refractivity contribution is -0.129. The maximum atomic E-state index is 13.1. The number of benzene rings is 2. The van der Waals surface area contributed by atoms with Crippen LogP contribution in [0.5, 0.6) is 5.75 Å². The molecule has 2 N–H and O–H groups in total. The van der Waals surface area contributed by atoms with Crippen LogP contribution < -0.4 is 15.4 Å². The van der Waals surface area contributed by atoms with Crippen LogP contribution in [0.4, 0.5) is 10.1 Å². The summed E-state index contributed by atoms with van der Waals surface area (Å²) in [6.07, 6.45) is 1.01. The fourth-order valence-electron chi connectivity index (χ4n) is 3.45. The smallest absolute Gasteiger partial charge is 0.246 e. The Morgan fingerprint density at radius 3 is 2.41 bits per heavy atom. The first-order valence-electron chi connectivity index (χ1n) is 10.2. The van der Waals surface area contributed by atoms with Gasteiger partial charge in [-0.05, 0) is 68.3 Å². The van der Waals surface area contributed by atoms with Gasteiger partial charge in [-0.15, -0.1) is 0 Å². The minimum absolute atomic E-state index is 0.00162. The number of rotatable bonds is 7. The maximum Gasteiger partial charge on any atom is 0.246 e. The Bertz CT molecular complexity index is 1060. The Morgan fingerprint density at radius 1 is 1.12 bits per heavy atom. The fraction of sp³-hybridized carbons (Fsp3) is 0.364. The second kappa shape index (κ2) is 10.1. The number of carbonyl (C=O) groups excluding carboxylic acids is 2. The number of methoxy groups -OCH3 is 1. The van der Waals surface area contributed by atoms with Gasteiger partial charge in [0, 0.05) is 18.8 Å². The third-order valence-corrected chi connectivity index (χ3v) is 7.20. The van der Waals surface area contributed by atoms with Crippen LogP contribution in [0.25, 0.3) is 0 Å². The van der Waals surface area contributed by atoms with Crippen LogP contribution in [-0.4, -0.2) is 50.8 Å². The zero-order valence-corrected chi connectivity index (χ0v) is 18.7. The molecule has 0 spiro atoms. The highest BCUT2D eigenvalue weighted by Crippen LogP contribution is 2.24. The van der Waals surface area contributed by atoms with Crippen molar-refractivity contribution in [3.63, 3.8) is 0 Å². The molecule has 10 heteroatoms. The van der Waals surface area contributed by atoms with Crippen molar-refractivity contribution < 1.29 is 27.1 Å². The number of ether oxygens (including phenoxy) is 1. The molecule has 0 saturated carbocycles. The van der Waals surface area contributed by atoms with Gasteiger partial charge in [0.1, 0.15) is 17.6 Å². The number of hydrogen-bond acceptors (Lipinski definition) is 5. The van der Waals surface area contributed by atoms with Gasteiger partial charge in [-0.3, -0.25) is 9.59 Å². The number of hydrogen-bond donors (Lipinski definition) is 2. The topological polar surface area (TPSA) is 105 Å². The first-order chi connectivity index (χ1) is 15.2. The molecule has 2 unspecified atom stereocenters. The van der Waals surface area contributed by atoms with Gasteiger partial charge in [-0.25, -0.2) is 12.8 Å². The van der Waals surface area contributed by atoms with Crippen LogP contribution in [0.3, 0.4) is 0 Å². The monoisotopic (exact) mass is 463 g/mol. The van der Waals surface area contributed by atoms with E-state index in [2.05, 4.69) is 10.6 Å². The minimum atomic E-state index is -3.84. The van der Waals surface area contributed by atoms with Gasteiger partial charge in [0.2, 0.25) is 21.8 Å². The quantitative estimate of drug-likeness (QED) is 0.656. The molecule has 2 atom stereocenters. The number of anilines is 1. The molecule has 2 aromatic rings. The fourth-order valence-corrected chi connectivity index (χ4v) is 4.98. The van der Waals surface area contributed by atoms with Crippen LogP contribution in [0, 0.1) is 11.7 Å². The first kappa shape index (κ1) is 23.7. The van der Waals surface area contributed by atoms with Crippen LogP contribution in [0.1, 0.15) is 19.8 Å². The predicted octanol–water partition coefficient (Wildman–Crippen LogP) is 2.38. The molecule has 3 rings (SSSR count). The highest BCUT2D eigenvalue weighted by Gasteiger charge is 2.34. The Balaban J connectivity index is 1.59. The van der Waals surface area contributed by atoms with E-state index in [0.717, 1.165) is 12.1 Å². The Hall–Kier alpha value is -2.98. The molecule has 2 aromatic carbocycles. The molecule has 2 amide bonds. The number of piperidine rings is 1. The summed E-state index contributed by atoms with van der Waals surface area (Å²) in [5.74, 6) is -1.24. The van der Waals surface area contributed by atoms with E-state index in [4.69, 9.17) is 4.74 Å². The number of carbonyl (C=O) groups is 2. The number of amides is 2. The van der Waals surface area contributed by atoms with Crippen molar-refractivity contribution in [2.24, 2.45) is 5.92 Å². The van der Waals surface area contributed by atoms with Crippen molar-refractivity contribution in [1.29, 1.82) is 0 Å². The number of nitrogens with one attached hydrogen (secondary N) is 2. The molecule has 8 nitrogen and oxygen atoms in total. The van der Waals surface area contributed by atoms with Gasteiger partial charge >= 0.3 is 0 Å². The van der Waals surface area contributed by atoms with Gasteiger partial charge in [-0.1, -0.05) is 0 Å². The molecule has 0 bridgehead atoms. The van der Waals surface area contributed by atoms with E-state index in [0.29, 0.717) is 24.3 Å². The van der Waals surface area contributed by atoms with Crippen LogP contribution in [-0.2, 0) is 19.6 Å². The third kappa shape index (κ3) is 5.63. The average Bonchev–Trinajstić information content (AvgIpc) is 2.79. The van der Waals surface area contributed by atoms with E-state index in [1.165, 1.54) is 16.4 Å². The summed E-state index contributed by atoms with van der Waals surface area (Å²) >= 11 is 0. The van der Waals surface area contributed by atoms with Crippen molar-refractivity contribution >= 4 is 27.5 Å². The number of halogens is 1. The highest BCUT2D eigenvalue weighted by atomic mass is 32.2. The number of sulfonamides is 1. The lowest BCUT2D eigenvalue weighted by atomic mass is 9.98. The lowest BCUT2D eigenvalue weighted by Crippen LogP contribution is -2.49. The first-order valence-corrected chi connectivity index (χ1v) is 11.7. The van der Waals surface area contributed by atoms with E-state index in [1.807, 2.05) is 0 Å². The van der Waals surface area contributed by atoms with E-state index in [1.54, 1.807) is 38.3 Å². The molecule has 172 valence electrons. The summed E-state index contributed by atoms with van der Waals surface area (Å²) in [6, 6.07) is 10.6. The van der Waals surface area contributed by atoms with Crippen LogP contribution in [0.2, 0.25) is 0 Å². The molecule has 32 heavy (non-hydrogen) atoms. The second-order valence-electron chi connectivity index (χ2n) is 7.60. The maximum absolute atomic E-state index is 13.1. The largest absolute Gasteiger partial charge is 0.497 e. The van der Waals surface area contributed by atoms with Crippen LogP contribution >= 0.6 is 0 Å². The summed E-state index contributed by atoms with van der Waals surface area (Å²) in [7, 11) is -2.30. The van der Waals surface area contributed by atoms with E-state index in [9.17, 15) is 22.4 Å². The van der Waals surface area contributed by atoms with Gasteiger partial charge in [-0.2, -0.15) is 4.31 Å². The van der Waals surface area contributed by atoms with Crippen molar-refractivity contribution in [3.8, 4) is 5.75 Å².